The highest BCUT2D eigenvalue weighted by molar-refractivity contribution is 5.79. The van der Waals surface area contributed by atoms with Crippen LogP contribution in [0.25, 0.3) is 11.5 Å². The van der Waals surface area contributed by atoms with Crippen molar-refractivity contribution in [2.75, 3.05) is 6.54 Å². The van der Waals surface area contributed by atoms with Gasteiger partial charge in [0, 0.05) is 31.4 Å². The summed E-state index contributed by atoms with van der Waals surface area (Å²) in [6.45, 7) is 2.33. The van der Waals surface area contributed by atoms with Gasteiger partial charge >= 0.3 is 0 Å². The van der Waals surface area contributed by atoms with Gasteiger partial charge in [0.1, 0.15) is 11.7 Å². The van der Waals surface area contributed by atoms with Crippen LogP contribution in [-0.2, 0) is 11.3 Å². The maximum Gasteiger partial charge on any atom is 0.267 e. The second kappa shape index (κ2) is 8.26. The molecule has 9 heteroatoms. The molecule has 0 aliphatic carbocycles. The molecule has 3 aromatic rings. The Kier molecular flexibility index (Phi) is 5.60. The van der Waals surface area contributed by atoms with E-state index in [1.54, 1.807) is 31.2 Å². The normalized spacial score (nSPS) is 11.9. The fourth-order valence-corrected chi connectivity index (χ4v) is 2.51. The van der Waals surface area contributed by atoms with Crippen molar-refractivity contribution >= 4 is 5.91 Å². The number of furan rings is 1. The quantitative estimate of drug-likeness (QED) is 0.617. The third-order valence-corrected chi connectivity index (χ3v) is 3.98. The van der Waals surface area contributed by atoms with E-state index in [1.165, 1.54) is 29.3 Å². The molecule has 0 fully saturated rings. The minimum absolute atomic E-state index is 0.192. The zero-order valence-electron chi connectivity index (χ0n) is 14.7. The molecule has 140 valence electrons. The van der Waals surface area contributed by atoms with Crippen molar-refractivity contribution < 1.29 is 9.21 Å². The Hall–Kier alpha value is -3.49. The molecule has 1 N–H and O–H groups in total. The fourth-order valence-electron chi connectivity index (χ4n) is 2.51. The topological polar surface area (TPSA) is 112 Å². The number of aryl methyl sites for hydroxylation is 1. The smallest absolute Gasteiger partial charge is 0.267 e. The summed E-state index contributed by atoms with van der Waals surface area (Å²) in [5.41, 5.74) is -0.107. The van der Waals surface area contributed by atoms with Gasteiger partial charge in [-0.1, -0.05) is 0 Å². The summed E-state index contributed by atoms with van der Waals surface area (Å²) in [7, 11) is 0. The van der Waals surface area contributed by atoms with Crippen molar-refractivity contribution in [3.05, 3.63) is 69.6 Å². The van der Waals surface area contributed by atoms with Crippen LogP contribution in [0.5, 0.6) is 0 Å². The monoisotopic (exact) mass is 369 g/mol. The number of amides is 1. The van der Waals surface area contributed by atoms with Crippen LogP contribution in [0.4, 0.5) is 0 Å². The molecule has 0 aliphatic heterocycles. The largest absolute Gasteiger partial charge is 0.463 e. The van der Waals surface area contributed by atoms with Crippen LogP contribution in [0.1, 0.15) is 19.4 Å². The van der Waals surface area contributed by atoms with Crippen LogP contribution in [0.2, 0.25) is 0 Å². The molecule has 9 nitrogen and oxygen atoms in total. The van der Waals surface area contributed by atoms with E-state index >= 15 is 0 Å². The van der Waals surface area contributed by atoms with Crippen molar-refractivity contribution in [2.45, 2.75) is 25.9 Å². The van der Waals surface area contributed by atoms with Gasteiger partial charge in [0.15, 0.2) is 5.76 Å². The molecule has 0 saturated carbocycles. The van der Waals surface area contributed by atoms with Crippen molar-refractivity contribution in [2.24, 2.45) is 0 Å². The van der Waals surface area contributed by atoms with Gasteiger partial charge in [-0.2, -0.15) is 10.2 Å². The molecule has 0 bridgehead atoms. The van der Waals surface area contributed by atoms with E-state index in [2.05, 4.69) is 15.5 Å². The summed E-state index contributed by atoms with van der Waals surface area (Å²) < 4.78 is 7.72. The summed E-state index contributed by atoms with van der Waals surface area (Å²) in [5.74, 6) is 0.173. The summed E-state index contributed by atoms with van der Waals surface area (Å²) in [6, 6.07) is 8.55. The molecule has 0 radical (unpaired) electrons. The van der Waals surface area contributed by atoms with E-state index in [0.29, 0.717) is 31.0 Å². The lowest BCUT2D eigenvalue weighted by molar-refractivity contribution is -0.124. The van der Waals surface area contributed by atoms with Gasteiger partial charge in [-0.15, -0.1) is 0 Å². The molecule has 0 aromatic carbocycles. The maximum atomic E-state index is 12.4. The Morgan fingerprint density at radius 2 is 2.04 bits per heavy atom. The number of nitrogens with zero attached hydrogens (tertiary/aromatic N) is 4. The standard InChI is InChI=1S/C18H19N5O4/c1-13(18(26)19-9-4-11-22-16(24)6-2-10-20-22)23-17(25)8-7-14(21-23)15-5-3-12-27-15/h2-3,5-8,10,12-13H,4,9,11H2,1H3,(H,19,26). The molecule has 27 heavy (non-hydrogen) atoms. The first-order valence-corrected chi connectivity index (χ1v) is 8.50. The Morgan fingerprint density at radius 1 is 1.19 bits per heavy atom. The van der Waals surface area contributed by atoms with E-state index in [9.17, 15) is 14.4 Å². The minimum Gasteiger partial charge on any atom is -0.463 e. The van der Waals surface area contributed by atoms with E-state index in [-0.39, 0.29) is 17.0 Å². The average Bonchev–Trinajstić information content (AvgIpc) is 3.21. The number of hydrogen-bond donors (Lipinski definition) is 1. The predicted molar refractivity (Wildman–Crippen MR) is 97.0 cm³/mol. The van der Waals surface area contributed by atoms with E-state index in [0.717, 1.165) is 4.68 Å². The second-order valence-electron chi connectivity index (χ2n) is 5.88. The zero-order valence-corrected chi connectivity index (χ0v) is 14.7. The highest BCUT2D eigenvalue weighted by Crippen LogP contribution is 2.16. The number of hydrogen-bond acceptors (Lipinski definition) is 6. The number of aromatic nitrogens is 4. The number of carbonyl (C=O) groups is 1. The van der Waals surface area contributed by atoms with E-state index in [1.807, 2.05) is 0 Å². The number of rotatable bonds is 7. The molecular weight excluding hydrogens is 350 g/mol. The van der Waals surface area contributed by atoms with Gasteiger partial charge in [-0.05, 0) is 37.6 Å². The van der Waals surface area contributed by atoms with Crippen molar-refractivity contribution in [3.8, 4) is 11.5 Å². The molecule has 3 rings (SSSR count). The van der Waals surface area contributed by atoms with Crippen LogP contribution in [0, 0.1) is 0 Å². The van der Waals surface area contributed by atoms with Crippen molar-refractivity contribution in [1.29, 1.82) is 0 Å². The van der Waals surface area contributed by atoms with Crippen LogP contribution in [0.15, 0.2) is 62.9 Å². The van der Waals surface area contributed by atoms with Crippen molar-refractivity contribution in [1.82, 2.24) is 24.9 Å². The highest BCUT2D eigenvalue weighted by atomic mass is 16.3. The molecule has 0 saturated heterocycles. The summed E-state index contributed by atoms with van der Waals surface area (Å²) in [5, 5.41) is 10.9. The molecule has 3 aromatic heterocycles. The first-order chi connectivity index (χ1) is 13.1. The Labute approximate surface area is 154 Å². The van der Waals surface area contributed by atoms with Crippen LogP contribution in [-0.4, -0.2) is 32.0 Å². The maximum absolute atomic E-state index is 12.4. The van der Waals surface area contributed by atoms with Crippen molar-refractivity contribution in [3.63, 3.8) is 0 Å². The molecule has 1 atom stereocenters. The molecular formula is C18H19N5O4. The van der Waals surface area contributed by atoms with Crippen LogP contribution < -0.4 is 16.4 Å². The number of nitrogens with one attached hydrogen (secondary N) is 1. The zero-order chi connectivity index (χ0) is 19.2. The Bertz CT molecular complexity index is 1020. The molecule has 0 spiro atoms. The van der Waals surface area contributed by atoms with E-state index < -0.39 is 6.04 Å². The lowest BCUT2D eigenvalue weighted by Gasteiger charge is -2.14. The van der Waals surface area contributed by atoms with Gasteiger partial charge in [0.2, 0.25) is 5.91 Å². The number of carbonyl (C=O) groups excluding carboxylic acids is 1. The first-order valence-electron chi connectivity index (χ1n) is 8.50. The second-order valence-corrected chi connectivity index (χ2v) is 5.88. The van der Waals surface area contributed by atoms with Gasteiger partial charge < -0.3 is 9.73 Å². The molecule has 0 aliphatic rings. The van der Waals surface area contributed by atoms with Gasteiger partial charge in [0.25, 0.3) is 11.1 Å². The molecule has 3 heterocycles. The van der Waals surface area contributed by atoms with E-state index in [4.69, 9.17) is 4.42 Å². The fraction of sp³-hybridized carbons (Fsp3) is 0.278. The predicted octanol–water partition coefficient (Wildman–Crippen LogP) is 0.827. The summed E-state index contributed by atoms with van der Waals surface area (Å²) in [6.07, 6.45) is 3.58. The first kappa shape index (κ1) is 18.3. The Morgan fingerprint density at radius 3 is 2.78 bits per heavy atom. The SMILES string of the molecule is CC(C(=O)NCCCn1ncccc1=O)n1nc(-c2ccco2)ccc1=O. The summed E-state index contributed by atoms with van der Waals surface area (Å²) in [4.78, 5) is 36.0. The summed E-state index contributed by atoms with van der Waals surface area (Å²) >= 11 is 0. The molecule has 1 unspecified atom stereocenters. The van der Waals surface area contributed by atoms with Crippen LogP contribution in [0.3, 0.4) is 0 Å². The third kappa shape index (κ3) is 4.38. The average molecular weight is 369 g/mol. The molecule has 1 amide bonds. The lowest BCUT2D eigenvalue weighted by atomic mass is 10.3. The van der Waals surface area contributed by atoms with Gasteiger partial charge in [-0.25, -0.2) is 9.36 Å². The minimum atomic E-state index is -0.787. The Balaban J connectivity index is 1.60. The lowest BCUT2D eigenvalue weighted by Crippen LogP contribution is -2.37. The van der Waals surface area contributed by atoms with Crippen LogP contribution >= 0.6 is 0 Å². The van der Waals surface area contributed by atoms with Gasteiger partial charge in [-0.3, -0.25) is 14.4 Å². The van der Waals surface area contributed by atoms with Gasteiger partial charge in [0.05, 0.1) is 6.26 Å². The highest BCUT2D eigenvalue weighted by Gasteiger charge is 2.18. The third-order valence-electron chi connectivity index (χ3n) is 3.98.